The Morgan fingerprint density at radius 3 is 2.30 bits per heavy atom. The second-order valence-electron chi connectivity index (χ2n) is 10.4. The largest absolute Gasteiger partial charge is 0.325 e. The van der Waals surface area contributed by atoms with Crippen LogP contribution in [0.4, 0.5) is 17.1 Å². The van der Waals surface area contributed by atoms with E-state index in [0.29, 0.717) is 22.5 Å². The average Bonchev–Trinajstić information content (AvgIpc) is 3.05. The highest BCUT2D eigenvalue weighted by Crippen LogP contribution is 2.28. The quantitative estimate of drug-likeness (QED) is 0.0631. The van der Waals surface area contributed by atoms with Crippen molar-refractivity contribution >= 4 is 63.4 Å². The molecule has 0 saturated carbocycles. The summed E-state index contributed by atoms with van der Waals surface area (Å²) in [4.78, 5) is 51.0. The highest BCUT2D eigenvalue weighted by Gasteiger charge is 2.19. The molecule has 0 aliphatic heterocycles. The number of nitro benzene ring substituents is 1. The van der Waals surface area contributed by atoms with Crippen LogP contribution in [-0.4, -0.2) is 27.9 Å². The summed E-state index contributed by atoms with van der Waals surface area (Å²) in [6.45, 7) is 3.44. The van der Waals surface area contributed by atoms with Crippen molar-refractivity contribution in [2.45, 2.75) is 24.0 Å². The Labute approximate surface area is 269 Å². The van der Waals surface area contributed by atoms with Crippen LogP contribution in [-0.2, 0) is 9.59 Å². The van der Waals surface area contributed by atoms with Gasteiger partial charge in [-0.3, -0.25) is 24.5 Å². The van der Waals surface area contributed by atoms with E-state index in [2.05, 4.69) is 16.0 Å². The van der Waals surface area contributed by atoms with E-state index in [4.69, 9.17) is 0 Å². The summed E-state index contributed by atoms with van der Waals surface area (Å²) >= 11 is 1.29. The molecule has 5 aromatic rings. The number of nitrogens with zero attached hydrogens (tertiary/aromatic N) is 1. The molecule has 5 rings (SSSR count). The van der Waals surface area contributed by atoms with Crippen molar-refractivity contribution in [1.82, 2.24) is 5.32 Å². The summed E-state index contributed by atoms with van der Waals surface area (Å²) in [7, 11) is 0. The van der Waals surface area contributed by atoms with E-state index in [1.807, 2.05) is 54.6 Å². The Balaban J connectivity index is 1.33. The fourth-order valence-corrected chi connectivity index (χ4v) is 5.64. The molecule has 0 aromatic heterocycles. The molecule has 1 unspecified atom stereocenters. The highest BCUT2D eigenvalue weighted by atomic mass is 32.2. The molecule has 46 heavy (non-hydrogen) atoms. The van der Waals surface area contributed by atoms with Crippen molar-refractivity contribution in [3.05, 3.63) is 148 Å². The Hall–Kier alpha value is -5.74. The monoisotopic (exact) mass is 630 g/mol. The van der Waals surface area contributed by atoms with Gasteiger partial charge in [-0.2, -0.15) is 0 Å². The number of thioether (sulfide) groups is 1. The van der Waals surface area contributed by atoms with E-state index in [1.165, 1.54) is 30.0 Å². The van der Waals surface area contributed by atoms with Gasteiger partial charge in [0.05, 0.1) is 10.2 Å². The van der Waals surface area contributed by atoms with Crippen LogP contribution in [0.3, 0.4) is 0 Å². The van der Waals surface area contributed by atoms with E-state index in [9.17, 15) is 24.5 Å². The van der Waals surface area contributed by atoms with Gasteiger partial charge in [0.25, 0.3) is 17.5 Å². The summed E-state index contributed by atoms with van der Waals surface area (Å²) in [5.74, 6) is -1.21. The average molecular weight is 631 g/mol. The number of rotatable bonds is 10. The van der Waals surface area contributed by atoms with Crippen LogP contribution in [0.25, 0.3) is 16.8 Å². The van der Waals surface area contributed by atoms with Crippen molar-refractivity contribution in [3.8, 4) is 0 Å². The topological polar surface area (TPSA) is 130 Å². The van der Waals surface area contributed by atoms with Crippen LogP contribution >= 0.6 is 11.8 Å². The number of carbonyl (C=O) groups is 3. The molecule has 230 valence electrons. The second-order valence-corrected chi connectivity index (χ2v) is 11.8. The number of non-ortho nitro benzene ring substituents is 1. The molecule has 0 saturated heterocycles. The third-order valence-electron chi connectivity index (χ3n) is 7.10. The Kier molecular flexibility index (Phi) is 9.89. The van der Waals surface area contributed by atoms with Gasteiger partial charge in [-0.25, -0.2) is 0 Å². The standard InChI is InChI=1S/C36H30N4O5S/c1-23-20-29(40(44)45)18-19-32(23)38-34(41)24(2)46-30-16-9-15-28(22-30)37-36(43)33(39-35(42)26-11-4-3-5-12-26)21-27-14-8-13-25-10-6-7-17-31(25)27/h3-22,24H,1-2H3,(H,37,43)(H,38,41)(H,39,42)/b33-21+. The van der Waals surface area contributed by atoms with Gasteiger partial charge in [0, 0.05) is 34.0 Å². The van der Waals surface area contributed by atoms with Gasteiger partial charge in [0.2, 0.25) is 5.91 Å². The first-order chi connectivity index (χ1) is 22.2. The van der Waals surface area contributed by atoms with E-state index >= 15 is 0 Å². The number of aryl methyl sites for hydroxylation is 1. The minimum absolute atomic E-state index is 0.0495. The highest BCUT2D eigenvalue weighted by molar-refractivity contribution is 8.00. The van der Waals surface area contributed by atoms with Crippen LogP contribution < -0.4 is 16.0 Å². The molecule has 0 radical (unpaired) electrons. The van der Waals surface area contributed by atoms with Gasteiger partial charge in [0.15, 0.2) is 0 Å². The lowest BCUT2D eigenvalue weighted by Crippen LogP contribution is -2.30. The van der Waals surface area contributed by atoms with Gasteiger partial charge >= 0.3 is 0 Å². The van der Waals surface area contributed by atoms with Gasteiger partial charge in [-0.15, -0.1) is 11.8 Å². The zero-order valence-corrected chi connectivity index (χ0v) is 25.8. The molecule has 5 aromatic carbocycles. The van der Waals surface area contributed by atoms with Crippen LogP contribution in [0, 0.1) is 17.0 Å². The number of hydrogen-bond donors (Lipinski definition) is 3. The van der Waals surface area contributed by atoms with Crippen molar-refractivity contribution < 1.29 is 19.3 Å². The molecular formula is C36H30N4O5S. The molecule has 9 nitrogen and oxygen atoms in total. The van der Waals surface area contributed by atoms with Crippen LogP contribution in [0.5, 0.6) is 0 Å². The lowest BCUT2D eigenvalue weighted by molar-refractivity contribution is -0.384. The maximum absolute atomic E-state index is 13.7. The van der Waals surface area contributed by atoms with Gasteiger partial charge in [-0.05, 0) is 78.2 Å². The normalized spacial score (nSPS) is 11.8. The number of anilines is 2. The zero-order valence-electron chi connectivity index (χ0n) is 25.0. The van der Waals surface area contributed by atoms with Crippen LogP contribution in [0.15, 0.2) is 126 Å². The molecule has 0 spiro atoms. The number of nitro groups is 1. The minimum Gasteiger partial charge on any atom is -0.325 e. The van der Waals surface area contributed by atoms with E-state index in [0.717, 1.165) is 21.2 Å². The minimum atomic E-state index is -0.521. The molecular weight excluding hydrogens is 600 g/mol. The van der Waals surface area contributed by atoms with E-state index in [-0.39, 0.29) is 17.3 Å². The molecule has 0 bridgehead atoms. The fraction of sp³-hybridized carbons (Fsp3) is 0.0833. The molecule has 0 aliphatic carbocycles. The Morgan fingerprint density at radius 1 is 0.826 bits per heavy atom. The maximum Gasteiger partial charge on any atom is 0.272 e. The summed E-state index contributed by atoms with van der Waals surface area (Å²) in [5.41, 5.74) is 2.74. The number of hydrogen-bond acceptors (Lipinski definition) is 6. The molecule has 0 fully saturated rings. The summed E-state index contributed by atoms with van der Waals surface area (Å²) in [5, 5.41) is 20.9. The lowest BCUT2D eigenvalue weighted by Gasteiger charge is -2.15. The van der Waals surface area contributed by atoms with Gasteiger partial charge in [0.1, 0.15) is 5.70 Å². The van der Waals surface area contributed by atoms with E-state index < -0.39 is 22.0 Å². The van der Waals surface area contributed by atoms with E-state index in [1.54, 1.807) is 62.4 Å². The summed E-state index contributed by atoms with van der Waals surface area (Å²) in [6.07, 6.45) is 1.66. The molecule has 3 amide bonds. The first kappa shape index (κ1) is 31.7. The number of fused-ring (bicyclic) bond motifs is 1. The number of amides is 3. The smallest absolute Gasteiger partial charge is 0.272 e. The lowest BCUT2D eigenvalue weighted by atomic mass is 10.0. The zero-order chi connectivity index (χ0) is 32.6. The van der Waals surface area contributed by atoms with Gasteiger partial charge in [-0.1, -0.05) is 66.7 Å². The number of carbonyl (C=O) groups excluding carboxylic acids is 3. The SMILES string of the molecule is Cc1cc([N+](=O)[O-])ccc1NC(=O)C(C)Sc1cccc(NC(=O)/C(=C\c2cccc3ccccc23)NC(=O)c2ccccc2)c1. The van der Waals surface area contributed by atoms with Crippen molar-refractivity contribution in [1.29, 1.82) is 0 Å². The van der Waals surface area contributed by atoms with Crippen molar-refractivity contribution in [2.75, 3.05) is 10.6 Å². The molecule has 1 atom stereocenters. The Morgan fingerprint density at radius 2 is 1.54 bits per heavy atom. The van der Waals surface area contributed by atoms with Crippen LogP contribution in [0.2, 0.25) is 0 Å². The number of benzene rings is 5. The van der Waals surface area contributed by atoms with Crippen LogP contribution in [0.1, 0.15) is 28.4 Å². The molecule has 3 N–H and O–H groups in total. The third kappa shape index (κ3) is 7.85. The number of nitrogens with one attached hydrogen (secondary N) is 3. The predicted molar refractivity (Wildman–Crippen MR) is 183 cm³/mol. The predicted octanol–water partition coefficient (Wildman–Crippen LogP) is 7.59. The first-order valence-electron chi connectivity index (χ1n) is 14.4. The summed E-state index contributed by atoms with van der Waals surface area (Å²) in [6, 6.07) is 33.5. The molecule has 10 heteroatoms. The maximum atomic E-state index is 13.7. The van der Waals surface area contributed by atoms with Crippen molar-refractivity contribution in [3.63, 3.8) is 0 Å². The third-order valence-corrected chi connectivity index (χ3v) is 8.20. The summed E-state index contributed by atoms with van der Waals surface area (Å²) < 4.78 is 0. The molecule has 0 heterocycles. The fourth-order valence-electron chi connectivity index (χ4n) is 4.71. The van der Waals surface area contributed by atoms with Gasteiger partial charge < -0.3 is 16.0 Å². The molecule has 0 aliphatic rings. The Bertz CT molecular complexity index is 1970. The second kappa shape index (κ2) is 14.4. The first-order valence-corrected chi connectivity index (χ1v) is 15.3. The van der Waals surface area contributed by atoms with Crippen molar-refractivity contribution in [2.24, 2.45) is 0 Å².